The molecule has 25 heavy (non-hydrogen) atoms. The van der Waals surface area contributed by atoms with E-state index in [4.69, 9.17) is 20.3 Å². The number of morpholine rings is 1. The molecule has 0 aromatic carbocycles. The quantitative estimate of drug-likeness (QED) is 0.479. The number of carbonyl (C=O) groups excluding carboxylic acids is 1. The summed E-state index contributed by atoms with van der Waals surface area (Å²) in [6.07, 6.45) is 0.791. The third-order valence-electron chi connectivity index (χ3n) is 4.75. The molecule has 134 valence electrons. The van der Waals surface area contributed by atoms with Gasteiger partial charge in [0.2, 0.25) is 0 Å². The number of rotatable bonds is 2. The number of nitrogen functional groups attached to an aromatic ring is 1. The first-order valence-electron chi connectivity index (χ1n) is 8.41. The highest BCUT2D eigenvalue weighted by Gasteiger charge is 2.32. The smallest absolute Gasteiger partial charge is 0.275 e. The Morgan fingerprint density at radius 3 is 2.84 bits per heavy atom. The standard InChI is InChI=1S/C17H22N4O3S/c1-17(2)8-11-10-7-13(15(22)20-18)25-16(10)19-14(12(11)9-24-17)21-3-5-23-6-4-21/h7H,3-6,8-9,18H2,1-2H3,(H,20,22). The Hall–Kier alpha value is -1.74. The minimum atomic E-state index is -0.281. The van der Waals surface area contributed by atoms with Crippen LogP contribution in [0.4, 0.5) is 5.82 Å². The van der Waals surface area contributed by atoms with Crippen molar-refractivity contribution in [2.24, 2.45) is 5.84 Å². The molecule has 2 aromatic heterocycles. The molecule has 4 heterocycles. The van der Waals surface area contributed by atoms with Gasteiger partial charge in [-0.05, 0) is 25.5 Å². The van der Waals surface area contributed by atoms with Crippen molar-refractivity contribution in [3.05, 3.63) is 22.1 Å². The van der Waals surface area contributed by atoms with Gasteiger partial charge in [-0.15, -0.1) is 11.3 Å². The fraction of sp³-hybridized carbons (Fsp3) is 0.529. The third kappa shape index (κ3) is 2.99. The molecule has 2 aromatic rings. The second kappa shape index (κ2) is 6.21. The van der Waals surface area contributed by atoms with E-state index in [9.17, 15) is 4.79 Å². The summed E-state index contributed by atoms with van der Waals surface area (Å²) >= 11 is 1.38. The summed E-state index contributed by atoms with van der Waals surface area (Å²) in [5.41, 5.74) is 4.34. The SMILES string of the molecule is CC1(C)Cc2c(c(N3CCOCC3)nc3sc(C(=O)NN)cc23)CO1. The van der Waals surface area contributed by atoms with E-state index in [1.165, 1.54) is 16.9 Å². The number of nitrogens with one attached hydrogen (secondary N) is 1. The van der Waals surface area contributed by atoms with Crippen molar-refractivity contribution < 1.29 is 14.3 Å². The second-order valence-electron chi connectivity index (χ2n) is 7.02. The molecule has 1 fully saturated rings. The molecule has 2 aliphatic rings. The van der Waals surface area contributed by atoms with E-state index in [-0.39, 0.29) is 11.5 Å². The largest absolute Gasteiger partial charge is 0.378 e. The Morgan fingerprint density at radius 1 is 1.36 bits per heavy atom. The zero-order valence-corrected chi connectivity index (χ0v) is 15.2. The van der Waals surface area contributed by atoms with E-state index in [0.29, 0.717) is 24.7 Å². The Morgan fingerprint density at radius 2 is 2.12 bits per heavy atom. The molecule has 8 heteroatoms. The van der Waals surface area contributed by atoms with E-state index >= 15 is 0 Å². The average Bonchev–Trinajstić information content (AvgIpc) is 3.05. The molecule has 2 aliphatic heterocycles. The topological polar surface area (TPSA) is 89.7 Å². The van der Waals surface area contributed by atoms with Gasteiger partial charge in [0, 0.05) is 30.5 Å². The summed E-state index contributed by atoms with van der Waals surface area (Å²) in [5.74, 6) is 5.98. The van der Waals surface area contributed by atoms with E-state index in [2.05, 4.69) is 24.2 Å². The highest BCUT2D eigenvalue weighted by molar-refractivity contribution is 7.20. The molecule has 1 saturated heterocycles. The van der Waals surface area contributed by atoms with Crippen LogP contribution in [0.5, 0.6) is 0 Å². The van der Waals surface area contributed by atoms with Gasteiger partial charge in [0.15, 0.2) is 0 Å². The van der Waals surface area contributed by atoms with Crippen LogP contribution in [0.15, 0.2) is 6.07 Å². The zero-order chi connectivity index (χ0) is 17.6. The molecule has 0 atom stereocenters. The number of fused-ring (bicyclic) bond motifs is 3. The van der Waals surface area contributed by atoms with Gasteiger partial charge in [-0.1, -0.05) is 0 Å². The maximum Gasteiger partial charge on any atom is 0.275 e. The molecule has 0 unspecified atom stereocenters. The number of ether oxygens (including phenoxy) is 2. The maximum atomic E-state index is 12.0. The van der Waals surface area contributed by atoms with Crippen molar-refractivity contribution in [3.63, 3.8) is 0 Å². The number of nitrogens with zero attached hydrogens (tertiary/aromatic N) is 2. The van der Waals surface area contributed by atoms with Gasteiger partial charge in [0.25, 0.3) is 5.91 Å². The van der Waals surface area contributed by atoms with E-state index in [1.54, 1.807) is 0 Å². The molecular weight excluding hydrogens is 340 g/mol. The lowest BCUT2D eigenvalue weighted by molar-refractivity contribution is -0.0396. The molecule has 0 radical (unpaired) electrons. The number of hydrogen-bond donors (Lipinski definition) is 2. The number of pyridine rings is 1. The van der Waals surface area contributed by atoms with Crippen molar-refractivity contribution in [3.8, 4) is 0 Å². The molecule has 0 saturated carbocycles. The first-order valence-corrected chi connectivity index (χ1v) is 9.23. The molecule has 7 nitrogen and oxygen atoms in total. The first kappa shape index (κ1) is 16.7. The molecule has 0 aliphatic carbocycles. The predicted molar refractivity (Wildman–Crippen MR) is 96.9 cm³/mol. The van der Waals surface area contributed by atoms with Gasteiger partial charge in [0.05, 0.1) is 30.3 Å². The molecule has 3 N–H and O–H groups in total. The van der Waals surface area contributed by atoms with Gasteiger partial charge >= 0.3 is 0 Å². The summed E-state index contributed by atoms with van der Waals surface area (Å²) in [6, 6.07) is 1.90. The summed E-state index contributed by atoms with van der Waals surface area (Å²) < 4.78 is 11.5. The van der Waals surface area contributed by atoms with Crippen LogP contribution in [0, 0.1) is 0 Å². The maximum absolute atomic E-state index is 12.0. The van der Waals surface area contributed by atoms with Gasteiger partial charge in [-0.25, -0.2) is 10.8 Å². The third-order valence-corrected chi connectivity index (χ3v) is 5.78. The van der Waals surface area contributed by atoms with E-state index < -0.39 is 0 Å². The van der Waals surface area contributed by atoms with Gasteiger partial charge in [0.1, 0.15) is 10.6 Å². The van der Waals surface area contributed by atoms with Crippen LogP contribution in [0.1, 0.15) is 34.6 Å². The Labute approximate surface area is 150 Å². The van der Waals surface area contributed by atoms with Crippen LogP contribution in [-0.4, -0.2) is 42.8 Å². The van der Waals surface area contributed by atoms with Crippen LogP contribution >= 0.6 is 11.3 Å². The van der Waals surface area contributed by atoms with Gasteiger partial charge < -0.3 is 14.4 Å². The monoisotopic (exact) mass is 362 g/mol. The fourth-order valence-corrected chi connectivity index (χ4v) is 4.42. The summed E-state index contributed by atoms with van der Waals surface area (Å²) in [4.78, 5) is 20.6. The van der Waals surface area contributed by atoms with Crippen LogP contribution < -0.4 is 16.2 Å². The molecule has 1 amide bonds. The highest BCUT2D eigenvalue weighted by Crippen LogP contribution is 2.40. The lowest BCUT2D eigenvalue weighted by atomic mass is 9.90. The minimum Gasteiger partial charge on any atom is -0.378 e. The fourth-order valence-electron chi connectivity index (χ4n) is 3.46. The van der Waals surface area contributed by atoms with E-state index in [0.717, 1.165) is 41.1 Å². The van der Waals surface area contributed by atoms with Crippen LogP contribution in [0.25, 0.3) is 10.2 Å². The van der Waals surface area contributed by atoms with Crippen molar-refractivity contribution in [1.29, 1.82) is 0 Å². The highest BCUT2D eigenvalue weighted by atomic mass is 32.1. The summed E-state index contributed by atoms with van der Waals surface area (Å²) in [7, 11) is 0. The Balaban J connectivity index is 1.89. The number of anilines is 1. The zero-order valence-electron chi connectivity index (χ0n) is 14.4. The number of carbonyl (C=O) groups is 1. The van der Waals surface area contributed by atoms with E-state index in [1.807, 2.05) is 6.07 Å². The van der Waals surface area contributed by atoms with Crippen molar-refractivity contribution in [1.82, 2.24) is 10.4 Å². The van der Waals surface area contributed by atoms with Crippen LogP contribution in [0.3, 0.4) is 0 Å². The normalized spacial score (nSPS) is 19.7. The Kier molecular flexibility index (Phi) is 4.15. The Bertz CT molecular complexity index is 827. The number of aromatic nitrogens is 1. The number of thiophene rings is 1. The number of nitrogens with two attached hydrogens (primary N) is 1. The number of hydrazine groups is 1. The van der Waals surface area contributed by atoms with Gasteiger partial charge in [-0.2, -0.15) is 0 Å². The number of amides is 1. The second-order valence-corrected chi connectivity index (χ2v) is 8.05. The average molecular weight is 362 g/mol. The lowest BCUT2D eigenvalue weighted by Crippen LogP contribution is -2.39. The summed E-state index contributed by atoms with van der Waals surface area (Å²) in [5, 5.41) is 1.03. The summed E-state index contributed by atoms with van der Waals surface area (Å²) in [6.45, 7) is 7.75. The lowest BCUT2D eigenvalue weighted by Gasteiger charge is -2.36. The minimum absolute atomic E-state index is 0.234. The first-order chi connectivity index (χ1) is 12.0. The van der Waals surface area contributed by atoms with Crippen molar-refractivity contribution >= 4 is 33.3 Å². The molecule has 4 rings (SSSR count). The van der Waals surface area contributed by atoms with Crippen molar-refractivity contribution in [2.75, 3.05) is 31.2 Å². The molecule has 0 spiro atoms. The molecular formula is C17H22N4O3S. The molecule has 0 bridgehead atoms. The van der Waals surface area contributed by atoms with Crippen molar-refractivity contribution in [2.45, 2.75) is 32.5 Å². The van der Waals surface area contributed by atoms with Crippen LogP contribution in [-0.2, 0) is 22.5 Å². The number of hydrogen-bond acceptors (Lipinski definition) is 7. The predicted octanol–water partition coefficient (Wildman–Crippen LogP) is 1.59. The van der Waals surface area contributed by atoms with Gasteiger partial charge in [-0.3, -0.25) is 10.2 Å². The van der Waals surface area contributed by atoms with Crippen LogP contribution in [0.2, 0.25) is 0 Å².